The van der Waals surface area contributed by atoms with Gasteiger partial charge in [0.25, 0.3) is 6.71 Å². The Bertz CT molecular complexity index is 2470. The van der Waals surface area contributed by atoms with Crippen molar-refractivity contribution >= 4 is 82.4 Å². The lowest BCUT2D eigenvalue weighted by atomic mass is 9.34. The lowest BCUT2D eigenvalue weighted by molar-refractivity contribution is 0.465. The first-order chi connectivity index (χ1) is 22.3. The Morgan fingerprint density at radius 3 is 2.09 bits per heavy atom. The second-order valence-corrected chi connectivity index (χ2v) is 12.7. The first-order valence-corrected chi connectivity index (χ1v) is 16.0. The van der Waals surface area contributed by atoms with E-state index in [9.17, 15) is 0 Å². The molecule has 0 fully saturated rings. The SMILES string of the molecule is c1ccc(N(c2ccc3c(c2)Oc2cccc4c2B3c2c(ccc3ccccc23)O4)c2cccc3c2sc2ccccc23)cc1. The van der Waals surface area contributed by atoms with Gasteiger partial charge in [-0.1, -0.05) is 91.0 Å². The number of benzene rings is 7. The van der Waals surface area contributed by atoms with Crippen LogP contribution in [0.2, 0.25) is 0 Å². The van der Waals surface area contributed by atoms with Crippen LogP contribution in [0.1, 0.15) is 0 Å². The normalized spacial score (nSPS) is 12.8. The molecule has 5 heteroatoms. The van der Waals surface area contributed by atoms with Gasteiger partial charge in [0.05, 0.1) is 10.4 Å². The van der Waals surface area contributed by atoms with Gasteiger partial charge in [-0.2, -0.15) is 0 Å². The minimum Gasteiger partial charge on any atom is -0.458 e. The molecule has 0 saturated carbocycles. The average molecular weight is 594 g/mol. The summed E-state index contributed by atoms with van der Waals surface area (Å²) in [5.74, 6) is 3.48. The van der Waals surface area contributed by atoms with E-state index in [-0.39, 0.29) is 6.71 Å². The van der Waals surface area contributed by atoms with Crippen molar-refractivity contribution in [2.24, 2.45) is 0 Å². The van der Waals surface area contributed by atoms with Crippen LogP contribution >= 0.6 is 11.3 Å². The summed E-state index contributed by atoms with van der Waals surface area (Å²) in [5, 5.41) is 4.98. The van der Waals surface area contributed by atoms with Crippen molar-refractivity contribution < 1.29 is 9.47 Å². The van der Waals surface area contributed by atoms with Crippen LogP contribution in [0, 0.1) is 0 Å². The van der Waals surface area contributed by atoms with Gasteiger partial charge in [0, 0.05) is 38.4 Å². The maximum absolute atomic E-state index is 6.75. The highest BCUT2D eigenvalue weighted by Crippen LogP contribution is 2.45. The summed E-state index contributed by atoms with van der Waals surface area (Å²) in [6.07, 6.45) is 0. The molecule has 3 heterocycles. The molecule has 2 aliphatic rings. The molecule has 8 aromatic rings. The summed E-state index contributed by atoms with van der Waals surface area (Å²) in [6.45, 7) is 0.0000486. The van der Waals surface area contributed by atoms with Gasteiger partial charge >= 0.3 is 0 Å². The highest BCUT2D eigenvalue weighted by molar-refractivity contribution is 7.26. The van der Waals surface area contributed by atoms with Crippen molar-refractivity contribution in [2.45, 2.75) is 0 Å². The zero-order valence-corrected chi connectivity index (χ0v) is 24.9. The van der Waals surface area contributed by atoms with Crippen LogP contribution in [0.5, 0.6) is 23.0 Å². The number of hydrogen-bond donors (Lipinski definition) is 0. The summed E-state index contributed by atoms with van der Waals surface area (Å²) in [7, 11) is 0. The zero-order chi connectivity index (χ0) is 29.5. The Balaban J connectivity index is 1.20. The molecule has 0 amide bonds. The Hall–Kier alpha value is -5.52. The maximum atomic E-state index is 6.75. The molecule has 0 radical (unpaired) electrons. The number of para-hydroxylation sites is 1. The van der Waals surface area contributed by atoms with Crippen LogP contribution in [-0.2, 0) is 0 Å². The van der Waals surface area contributed by atoms with E-state index < -0.39 is 0 Å². The van der Waals surface area contributed by atoms with Gasteiger partial charge in [-0.05, 0) is 70.2 Å². The first-order valence-electron chi connectivity index (χ1n) is 15.2. The Kier molecular flexibility index (Phi) is 5.25. The lowest BCUT2D eigenvalue weighted by Gasteiger charge is -2.34. The summed E-state index contributed by atoms with van der Waals surface area (Å²) in [6, 6.07) is 51.6. The minimum absolute atomic E-state index is 0.0000486. The van der Waals surface area contributed by atoms with Crippen LogP contribution in [0.4, 0.5) is 17.1 Å². The van der Waals surface area contributed by atoms with Crippen LogP contribution < -0.4 is 30.8 Å². The predicted octanol–water partition coefficient (Wildman–Crippen LogP) is 9.41. The molecule has 2 aliphatic heterocycles. The molecule has 45 heavy (non-hydrogen) atoms. The molecule has 1 aromatic heterocycles. The minimum atomic E-state index is 0.0000486. The van der Waals surface area contributed by atoms with Gasteiger partial charge in [0.1, 0.15) is 23.0 Å². The first kappa shape index (κ1) is 24.9. The van der Waals surface area contributed by atoms with Gasteiger partial charge < -0.3 is 14.4 Å². The molecular formula is C40H24BNO2S. The standard InChI is InChI=1S/C40H24BNO2S/c1-2-11-26(12-3-1)42(32-16-8-15-30-29-14-6-7-19-37(29)45-40(30)32)27-21-22-31-36(24-27)44-34-18-9-17-33-39(34)41(31)38-28-13-5-4-10-25(28)20-23-35(38)43-33/h1-24H. The fourth-order valence-corrected chi connectivity index (χ4v) is 8.45. The van der Waals surface area contributed by atoms with Gasteiger partial charge in [-0.15, -0.1) is 11.3 Å². The third kappa shape index (κ3) is 3.65. The summed E-state index contributed by atoms with van der Waals surface area (Å²) in [5.41, 5.74) is 6.74. The number of thiophene rings is 1. The van der Waals surface area contributed by atoms with Crippen LogP contribution in [-0.4, -0.2) is 6.71 Å². The summed E-state index contributed by atoms with van der Waals surface area (Å²) in [4.78, 5) is 2.36. The predicted molar refractivity (Wildman–Crippen MR) is 189 cm³/mol. The third-order valence-electron chi connectivity index (χ3n) is 9.18. The highest BCUT2D eigenvalue weighted by atomic mass is 32.1. The van der Waals surface area contributed by atoms with E-state index in [4.69, 9.17) is 9.47 Å². The molecule has 10 rings (SSSR count). The average Bonchev–Trinajstić information content (AvgIpc) is 3.48. The number of rotatable bonds is 3. The van der Waals surface area contributed by atoms with Crippen molar-refractivity contribution in [1.82, 2.24) is 0 Å². The molecule has 7 aromatic carbocycles. The number of fused-ring (bicyclic) bond motifs is 9. The molecule has 0 N–H and O–H groups in total. The Morgan fingerprint density at radius 2 is 1.20 bits per heavy atom. The maximum Gasteiger partial charge on any atom is 0.261 e. The van der Waals surface area contributed by atoms with E-state index in [1.807, 2.05) is 17.4 Å². The number of hydrogen-bond acceptors (Lipinski definition) is 4. The topological polar surface area (TPSA) is 21.7 Å². The van der Waals surface area contributed by atoms with Gasteiger partial charge in [0.15, 0.2) is 0 Å². The highest BCUT2D eigenvalue weighted by Gasteiger charge is 2.41. The third-order valence-corrected chi connectivity index (χ3v) is 10.4. The van der Waals surface area contributed by atoms with E-state index in [0.29, 0.717) is 0 Å². The lowest BCUT2D eigenvalue weighted by Crippen LogP contribution is -2.57. The molecule has 0 spiro atoms. The number of ether oxygens (including phenoxy) is 2. The fraction of sp³-hybridized carbons (Fsp3) is 0. The molecule has 0 saturated heterocycles. The quantitative estimate of drug-likeness (QED) is 0.191. The number of anilines is 3. The van der Waals surface area contributed by atoms with Crippen molar-refractivity contribution in [3.8, 4) is 23.0 Å². The Labute approximate surface area is 264 Å². The molecule has 0 bridgehead atoms. The van der Waals surface area contributed by atoms with E-state index in [1.165, 1.54) is 36.4 Å². The van der Waals surface area contributed by atoms with Crippen molar-refractivity contribution in [2.75, 3.05) is 4.90 Å². The Morgan fingerprint density at radius 1 is 0.489 bits per heavy atom. The van der Waals surface area contributed by atoms with Crippen LogP contribution in [0.15, 0.2) is 146 Å². The van der Waals surface area contributed by atoms with E-state index in [1.54, 1.807) is 0 Å². The van der Waals surface area contributed by atoms with E-state index in [2.05, 4.69) is 144 Å². The van der Waals surface area contributed by atoms with E-state index in [0.717, 1.165) is 51.0 Å². The van der Waals surface area contributed by atoms with Gasteiger partial charge in [-0.3, -0.25) is 0 Å². The van der Waals surface area contributed by atoms with Crippen molar-refractivity contribution in [1.29, 1.82) is 0 Å². The monoisotopic (exact) mass is 593 g/mol. The second-order valence-electron chi connectivity index (χ2n) is 11.6. The molecular weight excluding hydrogens is 569 g/mol. The molecule has 210 valence electrons. The summed E-state index contributed by atoms with van der Waals surface area (Å²) < 4.78 is 15.8. The molecule has 0 atom stereocenters. The van der Waals surface area contributed by atoms with Gasteiger partial charge in [-0.25, -0.2) is 0 Å². The van der Waals surface area contributed by atoms with Crippen LogP contribution in [0.25, 0.3) is 30.9 Å². The molecule has 0 unspecified atom stereocenters. The van der Waals surface area contributed by atoms with Crippen molar-refractivity contribution in [3.05, 3.63) is 146 Å². The van der Waals surface area contributed by atoms with E-state index >= 15 is 0 Å². The fourth-order valence-electron chi connectivity index (χ4n) is 7.24. The van der Waals surface area contributed by atoms with Gasteiger partial charge in [0.2, 0.25) is 0 Å². The largest absolute Gasteiger partial charge is 0.458 e. The summed E-state index contributed by atoms with van der Waals surface area (Å²) >= 11 is 1.85. The second kappa shape index (κ2) is 9.49. The molecule has 3 nitrogen and oxygen atoms in total. The zero-order valence-electron chi connectivity index (χ0n) is 24.1. The smallest absolute Gasteiger partial charge is 0.261 e. The molecule has 0 aliphatic carbocycles. The van der Waals surface area contributed by atoms with Crippen LogP contribution in [0.3, 0.4) is 0 Å². The van der Waals surface area contributed by atoms with Crippen molar-refractivity contribution in [3.63, 3.8) is 0 Å². The number of nitrogens with zero attached hydrogens (tertiary/aromatic N) is 1.